The molecule has 0 saturated carbocycles. The highest BCUT2D eigenvalue weighted by atomic mass is 16.6. The van der Waals surface area contributed by atoms with Crippen LogP contribution in [-0.4, -0.2) is 34.7 Å². The number of amides is 4. The Morgan fingerprint density at radius 1 is 1.19 bits per heavy atom. The summed E-state index contributed by atoms with van der Waals surface area (Å²) < 4.78 is 5.61. The van der Waals surface area contributed by atoms with Gasteiger partial charge < -0.3 is 4.42 Å². The minimum absolute atomic E-state index is 0.0797. The van der Waals surface area contributed by atoms with E-state index in [-0.39, 0.29) is 17.0 Å². The van der Waals surface area contributed by atoms with Crippen molar-refractivity contribution in [2.45, 2.75) is 6.92 Å². The summed E-state index contributed by atoms with van der Waals surface area (Å²) in [6.45, 7) is 1.78. The monoisotopic (exact) mass is 355 g/mol. The molecule has 0 spiro atoms. The van der Waals surface area contributed by atoms with E-state index in [0.29, 0.717) is 11.3 Å². The Balaban J connectivity index is 1.97. The van der Waals surface area contributed by atoms with Gasteiger partial charge in [0.2, 0.25) is 0 Å². The average Bonchev–Trinajstić information content (AvgIpc) is 3.05. The maximum Gasteiger partial charge on any atom is 0.331 e. The molecule has 9 heteroatoms. The number of nitro benzene ring substituents is 1. The minimum Gasteiger partial charge on any atom is -0.457 e. The molecular weight excluding hydrogens is 342 g/mol. The van der Waals surface area contributed by atoms with E-state index >= 15 is 0 Å². The Morgan fingerprint density at radius 3 is 2.62 bits per heavy atom. The Kier molecular flexibility index (Phi) is 4.13. The molecule has 1 aliphatic heterocycles. The zero-order valence-corrected chi connectivity index (χ0v) is 13.8. The predicted octanol–water partition coefficient (Wildman–Crippen LogP) is 2.25. The molecule has 4 amide bonds. The highest BCUT2D eigenvalue weighted by Crippen LogP contribution is 2.30. The number of carbonyl (C=O) groups excluding carboxylic acids is 3. The van der Waals surface area contributed by atoms with E-state index in [4.69, 9.17) is 4.42 Å². The summed E-state index contributed by atoms with van der Waals surface area (Å²) in [5.74, 6) is -1.01. The number of aryl methyl sites for hydroxylation is 1. The number of furan rings is 1. The van der Waals surface area contributed by atoms with Crippen LogP contribution in [0.1, 0.15) is 11.3 Å². The van der Waals surface area contributed by atoms with E-state index < -0.39 is 22.8 Å². The average molecular weight is 355 g/mol. The van der Waals surface area contributed by atoms with Crippen molar-refractivity contribution in [3.8, 4) is 11.3 Å². The Bertz CT molecular complexity index is 988. The Hall–Kier alpha value is -3.75. The fourth-order valence-electron chi connectivity index (χ4n) is 2.45. The molecule has 3 rings (SSSR count). The molecule has 0 radical (unpaired) electrons. The number of imide groups is 2. The molecule has 1 fully saturated rings. The van der Waals surface area contributed by atoms with E-state index in [1.54, 1.807) is 19.1 Å². The fourth-order valence-corrected chi connectivity index (χ4v) is 2.45. The number of nitrogens with one attached hydrogen (secondary N) is 1. The number of nitro groups is 1. The summed E-state index contributed by atoms with van der Waals surface area (Å²) in [6, 6.07) is 6.69. The largest absolute Gasteiger partial charge is 0.457 e. The van der Waals surface area contributed by atoms with Crippen LogP contribution in [-0.2, 0) is 9.59 Å². The first-order valence-electron chi connectivity index (χ1n) is 7.48. The fraction of sp³-hybridized carbons (Fsp3) is 0.118. The molecular formula is C17H13N3O6. The number of hydrogen-bond donors (Lipinski definition) is 1. The number of rotatable bonds is 3. The minimum atomic E-state index is -0.817. The third kappa shape index (κ3) is 2.97. The van der Waals surface area contributed by atoms with E-state index in [2.05, 4.69) is 0 Å². The van der Waals surface area contributed by atoms with Crippen molar-refractivity contribution >= 4 is 29.6 Å². The van der Waals surface area contributed by atoms with Gasteiger partial charge in [0.25, 0.3) is 17.5 Å². The van der Waals surface area contributed by atoms with Crippen molar-refractivity contribution < 1.29 is 23.7 Å². The Morgan fingerprint density at radius 2 is 1.92 bits per heavy atom. The van der Waals surface area contributed by atoms with Crippen LogP contribution in [0.4, 0.5) is 10.5 Å². The second kappa shape index (κ2) is 6.28. The van der Waals surface area contributed by atoms with Gasteiger partial charge >= 0.3 is 6.03 Å². The zero-order valence-electron chi connectivity index (χ0n) is 13.8. The lowest BCUT2D eigenvalue weighted by Gasteiger charge is -2.21. The van der Waals surface area contributed by atoms with Crippen LogP contribution in [0.5, 0.6) is 0 Å². The molecule has 26 heavy (non-hydrogen) atoms. The molecule has 1 aliphatic rings. The van der Waals surface area contributed by atoms with E-state index in [1.807, 2.05) is 5.32 Å². The molecule has 1 aromatic carbocycles. The summed E-state index contributed by atoms with van der Waals surface area (Å²) >= 11 is 0. The number of nitrogens with zero attached hydrogens (tertiary/aromatic N) is 2. The van der Waals surface area contributed by atoms with Crippen LogP contribution in [0, 0.1) is 17.0 Å². The first-order valence-corrected chi connectivity index (χ1v) is 7.48. The summed E-state index contributed by atoms with van der Waals surface area (Å²) in [4.78, 5) is 46.5. The lowest BCUT2D eigenvalue weighted by molar-refractivity contribution is -0.384. The number of hydrogen-bond acceptors (Lipinski definition) is 6. The molecule has 132 valence electrons. The molecule has 1 N–H and O–H groups in total. The van der Waals surface area contributed by atoms with Gasteiger partial charge in [-0.2, -0.15) is 0 Å². The Labute approximate surface area is 147 Å². The van der Waals surface area contributed by atoms with Gasteiger partial charge in [0.15, 0.2) is 0 Å². The van der Waals surface area contributed by atoms with Gasteiger partial charge in [0.05, 0.1) is 4.92 Å². The quantitative estimate of drug-likeness (QED) is 0.390. The second-order valence-electron chi connectivity index (χ2n) is 5.64. The van der Waals surface area contributed by atoms with Crippen molar-refractivity contribution in [1.29, 1.82) is 0 Å². The first-order chi connectivity index (χ1) is 12.3. The lowest BCUT2D eigenvalue weighted by atomic mass is 10.1. The standard InChI is InChI=1S/C17H13N3O6/c1-9-3-4-10(20(24)25)7-12(9)14-6-5-11(26-14)8-13-15(21)18-17(23)19(2)16(13)22/h3-8H,1-2H3,(H,18,21,23)/b13-8-. The molecule has 9 nitrogen and oxygen atoms in total. The van der Waals surface area contributed by atoms with Gasteiger partial charge in [-0.25, -0.2) is 4.79 Å². The number of urea groups is 1. The molecule has 0 atom stereocenters. The molecule has 1 aromatic heterocycles. The van der Waals surface area contributed by atoms with Crippen LogP contribution in [0.25, 0.3) is 17.4 Å². The number of barbiturate groups is 1. The van der Waals surface area contributed by atoms with Gasteiger partial charge in [-0.3, -0.25) is 29.9 Å². The van der Waals surface area contributed by atoms with Crippen LogP contribution < -0.4 is 5.32 Å². The predicted molar refractivity (Wildman–Crippen MR) is 89.8 cm³/mol. The maximum absolute atomic E-state index is 12.1. The SMILES string of the molecule is Cc1ccc([N+](=O)[O-])cc1-c1ccc(/C=C2/C(=O)NC(=O)N(C)C2=O)o1. The summed E-state index contributed by atoms with van der Waals surface area (Å²) in [6.07, 6.45) is 1.22. The number of likely N-dealkylation sites (N-methyl/N-ethyl adjacent to an activating group) is 1. The normalized spacial score (nSPS) is 16.2. The molecule has 0 unspecified atom stereocenters. The third-order valence-corrected chi connectivity index (χ3v) is 3.92. The molecule has 1 saturated heterocycles. The van der Waals surface area contributed by atoms with Crippen LogP contribution in [0.2, 0.25) is 0 Å². The lowest BCUT2D eigenvalue weighted by Crippen LogP contribution is -2.52. The topological polar surface area (TPSA) is 123 Å². The van der Waals surface area contributed by atoms with Gasteiger partial charge in [-0.1, -0.05) is 6.07 Å². The van der Waals surface area contributed by atoms with Crippen LogP contribution in [0.3, 0.4) is 0 Å². The highest BCUT2D eigenvalue weighted by Gasteiger charge is 2.33. The number of benzene rings is 1. The number of non-ortho nitro benzene ring substituents is 1. The van der Waals surface area contributed by atoms with Crippen LogP contribution in [0.15, 0.2) is 40.3 Å². The highest BCUT2D eigenvalue weighted by molar-refractivity contribution is 6.30. The maximum atomic E-state index is 12.1. The molecule has 0 aliphatic carbocycles. The molecule has 0 bridgehead atoms. The van der Waals surface area contributed by atoms with Gasteiger partial charge in [0, 0.05) is 24.7 Å². The van der Waals surface area contributed by atoms with Crippen molar-refractivity contribution in [2.24, 2.45) is 0 Å². The van der Waals surface area contributed by atoms with Crippen LogP contribution >= 0.6 is 0 Å². The smallest absolute Gasteiger partial charge is 0.331 e. The molecule has 2 aromatic rings. The van der Waals surface area contributed by atoms with E-state index in [0.717, 1.165) is 10.5 Å². The van der Waals surface area contributed by atoms with Crippen molar-refractivity contribution in [1.82, 2.24) is 10.2 Å². The van der Waals surface area contributed by atoms with E-state index in [9.17, 15) is 24.5 Å². The van der Waals surface area contributed by atoms with Crippen molar-refractivity contribution in [2.75, 3.05) is 7.05 Å². The number of carbonyl (C=O) groups is 3. The first kappa shape index (κ1) is 17.1. The van der Waals surface area contributed by atoms with Crippen molar-refractivity contribution in [3.05, 3.63) is 57.3 Å². The summed E-state index contributed by atoms with van der Waals surface area (Å²) in [5, 5.41) is 13.0. The summed E-state index contributed by atoms with van der Waals surface area (Å²) in [5.41, 5.74) is 0.962. The summed E-state index contributed by atoms with van der Waals surface area (Å²) in [7, 11) is 1.25. The second-order valence-corrected chi connectivity index (χ2v) is 5.64. The van der Waals surface area contributed by atoms with Gasteiger partial charge in [-0.05, 0) is 30.7 Å². The van der Waals surface area contributed by atoms with E-state index in [1.165, 1.54) is 31.3 Å². The van der Waals surface area contributed by atoms with Crippen molar-refractivity contribution in [3.63, 3.8) is 0 Å². The molecule has 2 heterocycles. The zero-order chi connectivity index (χ0) is 19.0. The van der Waals surface area contributed by atoms with Gasteiger partial charge in [0.1, 0.15) is 17.1 Å². The van der Waals surface area contributed by atoms with Gasteiger partial charge in [-0.15, -0.1) is 0 Å². The third-order valence-electron chi connectivity index (χ3n) is 3.92.